The fraction of sp³-hybridized carbons (Fsp3) is 0.381. The van der Waals surface area contributed by atoms with E-state index in [1.807, 2.05) is 18.2 Å². The third-order valence-electron chi connectivity index (χ3n) is 4.86. The summed E-state index contributed by atoms with van der Waals surface area (Å²) in [7, 11) is 0. The molecule has 2 aromatic rings. The van der Waals surface area contributed by atoms with Gasteiger partial charge in [0.05, 0.1) is 13.2 Å². The van der Waals surface area contributed by atoms with Crippen molar-refractivity contribution in [1.29, 1.82) is 0 Å². The lowest BCUT2D eigenvalue weighted by Gasteiger charge is -2.27. The standard InChI is InChI=1S/C21H25N3O3S/c28-21(23-18-5-6-19-20(13-18)27-12-11-26-19)22-14-16-3-1-2-4-17(16)15-24-7-9-25-10-8-24/h1-6,13H,7-12,14-15H2,(H2,22,23,28). The van der Waals surface area contributed by atoms with E-state index in [2.05, 4.69) is 39.8 Å². The van der Waals surface area contributed by atoms with Crippen LogP contribution >= 0.6 is 12.2 Å². The number of morpholine rings is 1. The van der Waals surface area contributed by atoms with Crippen molar-refractivity contribution in [3.05, 3.63) is 53.6 Å². The first kappa shape index (κ1) is 19.0. The first-order valence-corrected chi connectivity index (χ1v) is 10.0. The summed E-state index contributed by atoms with van der Waals surface area (Å²) in [4.78, 5) is 2.42. The van der Waals surface area contributed by atoms with E-state index in [1.54, 1.807) is 0 Å². The number of hydrogen-bond donors (Lipinski definition) is 2. The Hall–Kier alpha value is -2.35. The Morgan fingerprint density at radius 3 is 2.50 bits per heavy atom. The second-order valence-electron chi connectivity index (χ2n) is 6.82. The minimum absolute atomic E-state index is 0.569. The first-order valence-electron chi connectivity index (χ1n) is 9.59. The van der Waals surface area contributed by atoms with Crippen LogP contribution < -0.4 is 20.1 Å². The minimum atomic E-state index is 0.569. The Labute approximate surface area is 170 Å². The Balaban J connectivity index is 1.33. The molecule has 7 heteroatoms. The summed E-state index contributed by atoms with van der Waals surface area (Å²) in [6, 6.07) is 14.2. The number of fused-ring (bicyclic) bond motifs is 1. The van der Waals surface area contributed by atoms with E-state index in [0.29, 0.717) is 24.9 Å². The van der Waals surface area contributed by atoms with Crippen molar-refractivity contribution in [2.75, 3.05) is 44.8 Å². The molecular formula is C21H25N3O3S. The number of benzene rings is 2. The predicted octanol–water partition coefficient (Wildman–Crippen LogP) is 2.78. The first-order chi connectivity index (χ1) is 13.8. The van der Waals surface area contributed by atoms with Crippen LogP contribution in [-0.4, -0.2) is 49.5 Å². The average molecular weight is 400 g/mol. The summed E-state index contributed by atoms with van der Waals surface area (Å²) in [6.45, 7) is 6.34. The van der Waals surface area contributed by atoms with Crippen molar-refractivity contribution in [2.24, 2.45) is 0 Å². The molecule has 0 radical (unpaired) electrons. The van der Waals surface area contributed by atoms with Gasteiger partial charge in [0.25, 0.3) is 0 Å². The molecule has 28 heavy (non-hydrogen) atoms. The topological polar surface area (TPSA) is 55.0 Å². The average Bonchev–Trinajstić information content (AvgIpc) is 2.74. The molecule has 2 aromatic carbocycles. The van der Waals surface area contributed by atoms with E-state index in [1.165, 1.54) is 11.1 Å². The highest BCUT2D eigenvalue weighted by atomic mass is 32.1. The van der Waals surface area contributed by atoms with Gasteiger partial charge >= 0.3 is 0 Å². The molecule has 4 rings (SSSR count). The number of rotatable bonds is 5. The molecule has 1 fully saturated rings. The third kappa shape index (κ3) is 4.92. The Kier molecular flexibility index (Phi) is 6.26. The summed E-state index contributed by atoms with van der Waals surface area (Å²) in [5.41, 5.74) is 3.45. The Morgan fingerprint density at radius 1 is 0.929 bits per heavy atom. The van der Waals surface area contributed by atoms with Gasteiger partial charge in [-0.1, -0.05) is 24.3 Å². The van der Waals surface area contributed by atoms with Crippen LogP contribution in [0.15, 0.2) is 42.5 Å². The second kappa shape index (κ2) is 9.23. The Bertz CT molecular complexity index is 824. The van der Waals surface area contributed by atoms with E-state index in [4.69, 9.17) is 26.4 Å². The normalized spacial score (nSPS) is 16.4. The fourth-order valence-corrected chi connectivity index (χ4v) is 3.55. The maximum Gasteiger partial charge on any atom is 0.171 e. The lowest BCUT2D eigenvalue weighted by atomic mass is 10.1. The monoisotopic (exact) mass is 399 g/mol. The van der Waals surface area contributed by atoms with Gasteiger partial charge in [0.15, 0.2) is 16.6 Å². The third-order valence-corrected chi connectivity index (χ3v) is 5.10. The summed E-state index contributed by atoms with van der Waals surface area (Å²) in [5, 5.41) is 7.11. The molecule has 148 valence electrons. The van der Waals surface area contributed by atoms with Gasteiger partial charge in [-0.25, -0.2) is 0 Å². The molecule has 0 bridgehead atoms. The van der Waals surface area contributed by atoms with Gasteiger partial charge in [0.1, 0.15) is 13.2 Å². The van der Waals surface area contributed by atoms with Gasteiger partial charge in [-0.2, -0.15) is 0 Å². The summed E-state index contributed by atoms with van der Waals surface area (Å²) < 4.78 is 16.6. The molecule has 2 aliphatic rings. The maximum absolute atomic E-state index is 5.62. The highest BCUT2D eigenvalue weighted by molar-refractivity contribution is 7.80. The van der Waals surface area contributed by atoms with Gasteiger partial charge < -0.3 is 24.8 Å². The van der Waals surface area contributed by atoms with Gasteiger partial charge in [0, 0.05) is 37.9 Å². The van der Waals surface area contributed by atoms with E-state index in [0.717, 1.165) is 50.0 Å². The summed E-state index contributed by atoms with van der Waals surface area (Å²) in [5.74, 6) is 1.52. The quantitative estimate of drug-likeness (QED) is 0.750. The van der Waals surface area contributed by atoms with Crippen LogP contribution in [-0.2, 0) is 17.8 Å². The molecule has 2 N–H and O–H groups in total. The molecule has 0 unspecified atom stereocenters. The number of ether oxygens (including phenoxy) is 3. The molecule has 0 aliphatic carbocycles. The molecule has 2 heterocycles. The Morgan fingerprint density at radius 2 is 1.68 bits per heavy atom. The molecule has 0 aromatic heterocycles. The maximum atomic E-state index is 5.62. The van der Waals surface area contributed by atoms with Crippen LogP contribution in [0.2, 0.25) is 0 Å². The van der Waals surface area contributed by atoms with E-state index < -0.39 is 0 Å². The smallest absolute Gasteiger partial charge is 0.171 e. The van der Waals surface area contributed by atoms with Crippen LogP contribution in [0.4, 0.5) is 5.69 Å². The highest BCUT2D eigenvalue weighted by Crippen LogP contribution is 2.32. The number of hydrogen-bond acceptors (Lipinski definition) is 5. The molecule has 0 saturated carbocycles. The molecule has 0 amide bonds. The van der Waals surface area contributed by atoms with Crippen molar-refractivity contribution in [2.45, 2.75) is 13.1 Å². The van der Waals surface area contributed by atoms with Gasteiger partial charge in [-0.3, -0.25) is 4.90 Å². The van der Waals surface area contributed by atoms with Crippen LogP contribution in [0.5, 0.6) is 11.5 Å². The molecule has 0 spiro atoms. The number of anilines is 1. The van der Waals surface area contributed by atoms with Crippen molar-refractivity contribution in [3.8, 4) is 11.5 Å². The van der Waals surface area contributed by atoms with Crippen molar-refractivity contribution >= 4 is 23.0 Å². The highest BCUT2D eigenvalue weighted by Gasteiger charge is 2.14. The minimum Gasteiger partial charge on any atom is -0.486 e. The van der Waals surface area contributed by atoms with Gasteiger partial charge in [-0.05, 0) is 35.5 Å². The molecule has 6 nitrogen and oxygen atoms in total. The van der Waals surface area contributed by atoms with E-state index in [-0.39, 0.29) is 0 Å². The van der Waals surface area contributed by atoms with Crippen LogP contribution in [0.25, 0.3) is 0 Å². The zero-order valence-electron chi connectivity index (χ0n) is 15.8. The SMILES string of the molecule is S=C(NCc1ccccc1CN1CCOCC1)Nc1ccc2c(c1)OCCO2. The van der Waals surface area contributed by atoms with Crippen molar-refractivity contribution in [3.63, 3.8) is 0 Å². The number of thiocarbonyl (C=S) groups is 1. The number of nitrogens with one attached hydrogen (secondary N) is 2. The lowest BCUT2D eigenvalue weighted by Crippen LogP contribution is -2.36. The summed E-state index contributed by atoms with van der Waals surface area (Å²) in [6.07, 6.45) is 0. The predicted molar refractivity (Wildman–Crippen MR) is 113 cm³/mol. The zero-order valence-corrected chi connectivity index (χ0v) is 16.6. The second-order valence-corrected chi connectivity index (χ2v) is 7.23. The van der Waals surface area contributed by atoms with E-state index in [9.17, 15) is 0 Å². The summed E-state index contributed by atoms with van der Waals surface area (Å²) >= 11 is 5.47. The molecule has 2 aliphatic heterocycles. The van der Waals surface area contributed by atoms with Crippen LogP contribution in [0, 0.1) is 0 Å². The lowest BCUT2D eigenvalue weighted by molar-refractivity contribution is 0.0341. The van der Waals surface area contributed by atoms with Gasteiger partial charge in [0.2, 0.25) is 0 Å². The fourth-order valence-electron chi connectivity index (χ4n) is 3.36. The zero-order chi connectivity index (χ0) is 19.2. The molecular weight excluding hydrogens is 374 g/mol. The molecule has 1 saturated heterocycles. The number of nitrogens with zero attached hydrogens (tertiary/aromatic N) is 1. The van der Waals surface area contributed by atoms with Gasteiger partial charge in [-0.15, -0.1) is 0 Å². The molecule has 0 atom stereocenters. The van der Waals surface area contributed by atoms with Crippen molar-refractivity contribution < 1.29 is 14.2 Å². The van der Waals surface area contributed by atoms with Crippen molar-refractivity contribution in [1.82, 2.24) is 10.2 Å². The van der Waals surface area contributed by atoms with Crippen LogP contribution in [0.3, 0.4) is 0 Å². The van der Waals surface area contributed by atoms with E-state index >= 15 is 0 Å². The van der Waals surface area contributed by atoms with Crippen LogP contribution in [0.1, 0.15) is 11.1 Å². The largest absolute Gasteiger partial charge is 0.486 e.